The number of para-hydroxylation sites is 1. The molecular weight excluding hydrogens is 370 g/mol. The Morgan fingerprint density at radius 3 is 2.64 bits per heavy atom. The van der Waals surface area contributed by atoms with Crippen LogP contribution >= 0.6 is 11.3 Å². The lowest BCUT2D eigenvalue weighted by Gasteiger charge is -2.12. The Kier molecular flexibility index (Phi) is 7.17. The summed E-state index contributed by atoms with van der Waals surface area (Å²) in [7, 11) is 0. The number of amides is 1. The quantitative estimate of drug-likeness (QED) is 0.484. The summed E-state index contributed by atoms with van der Waals surface area (Å²) in [5.41, 5.74) is 4.75. The number of nitrogens with zero attached hydrogens (tertiary/aromatic N) is 1. The molecule has 5 nitrogen and oxygen atoms in total. The summed E-state index contributed by atoms with van der Waals surface area (Å²) in [4.78, 5) is 16.5. The SMILES string of the molecule is CCCCc1ccccc1NCc1ccc(C(=O)Nc2nc(CO)cs2)cc1. The van der Waals surface area contributed by atoms with Crippen molar-refractivity contribution in [2.45, 2.75) is 39.3 Å². The van der Waals surface area contributed by atoms with Gasteiger partial charge in [0.1, 0.15) is 0 Å². The number of hydrogen-bond acceptors (Lipinski definition) is 5. The molecule has 28 heavy (non-hydrogen) atoms. The third-order valence-corrected chi connectivity index (χ3v) is 5.26. The second-order valence-electron chi connectivity index (χ2n) is 6.57. The highest BCUT2D eigenvalue weighted by Gasteiger charge is 2.09. The molecule has 0 radical (unpaired) electrons. The number of aromatic nitrogens is 1. The first-order valence-corrected chi connectivity index (χ1v) is 10.3. The predicted molar refractivity (Wildman–Crippen MR) is 115 cm³/mol. The van der Waals surface area contributed by atoms with Crippen molar-refractivity contribution < 1.29 is 9.90 Å². The molecule has 6 heteroatoms. The first kappa shape index (κ1) is 20.0. The second-order valence-corrected chi connectivity index (χ2v) is 7.43. The summed E-state index contributed by atoms with van der Waals surface area (Å²) in [6.07, 6.45) is 3.44. The third-order valence-electron chi connectivity index (χ3n) is 4.45. The van der Waals surface area contributed by atoms with Crippen LogP contribution in [0, 0.1) is 0 Å². The van der Waals surface area contributed by atoms with E-state index in [9.17, 15) is 4.79 Å². The largest absolute Gasteiger partial charge is 0.390 e. The molecule has 3 rings (SSSR count). The van der Waals surface area contributed by atoms with E-state index in [0.29, 0.717) is 22.9 Å². The molecule has 0 fully saturated rings. The standard InChI is InChI=1S/C22H25N3O2S/c1-2-3-6-17-7-4-5-8-20(17)23-13-16-9-11-18(12-10-16)21(27)25-22-24-19(14-26)15-28-22/h4-5,7-12,15,23,26H,2-3,6,13-14H2,1H3,(H,24,25,27). The molecule has 0 saturated carbocycles. The van der Waals surface area contributed by atoms with Crippen LogP contribution in [0.25, 0.3) is 0 Å². The number of benzene rings is 2. The van der Waals surface area contributed by atoms with Crippen LogP contribution in [0.3, 0.4) is 0 Å². The van der Waals surface area contributed by atoms with E-state index in [4.69, 9.17) is 5.11 Å². The number of aliphatic hydroxyl groups excluding tert-OH is 1. The van der Waals surface area contributed by atoms with Crippen molar-refractivity contribution in [2.75, 3.05) is 10.6 Å². The topological polar surface area (TPSA) is 74.2 Å². The fourth-order valence-electron chi connectivity index (χ4n) is 2.86. The molecule has 2 aromatic carbocycles. The minimum atomic E-state index is -0.205. The number of carbonyl (C=O) groups excluding carboxylic acids is 1. The molecule has 3 aromatic rings. The third kappa shape index (κ3) is 5.41. The number of unbranched alkanes of at least 4 members (excludes halogenated alkanes) is 1. The number of thiazole rings is 1. The smallest absolute Gasteiger partial charge is 0.257 e. The van der Waals surface area contributed by atoms with Crippen LogP contribution in [0.4, 0.5) is 10.8 Å². The molecule has 0 aliphatic carbocycles. The Morgan fingerprint density at radius 1 is 1.14 bits per heavy atom. The van der Waals surface area contributed by atoms with Crippen LogP contribution in [0.2, 0.25) is 0 Å². The van der Waals surface area contributed by atoms with E-state index in [1.54, 1.807) is 5.38 Å². The van der Waals surface area contributed by atoms with E-state index < -0.39 is 0 Å². The van der Waals surface area contributed by atoms with Crippen molar-refractivity contribution in [3.05, 3.63) is 76.3 Å². The monoisotopic (exact) mass is 395 g/mol. The van der Waals surface area contributed by atoms with E-state index in [1.807, 2.05) is 30.3 Å². The molecule has 0 atom stereocenters. The number of aryl methyl sites for hydroxylation is 1. The zero-order valence-electron chi connectivity index (χ0n) is 15.9. The number of carbonyl (C=O) groups is 1. The van der Waals surface area contributed by atoms with Gasteiger partial charge in [-0.15, -0.1) is 11.3 Å². The fourth-order valence-corrected chi connectivity index (χ4v) is 3.55. The average molecular weight is 396 g/mol. The van der Waals surface area contributed by atoms with Gasteiger partial charge >= 0.3 is 0 Å². The fraction of sp³-hybridized carbons (Fsp3) is 0.273. The van der Waals surface area contributed by atoms with Gasteiger partial charge in [-0.25, -0.2) is 4.98 Å². The molecule has 0 aliphatic rings. The number of aliphatic hydroxyl groups is 1. The van der Waals surface area contributed by atoms with Crippen LogP contribution in [-0.2, 0) is 19.6 Å². The number of rotatable bonds is 9. The molecule has 0 saturated heterocycles. The molecule has 1 heterocycles. The van der Waals surface area contributed by atoms with Crippen molar-refractivity contribution in [3.63, 3.8) is 0 Å². The zero-order chi connectivity index (χ0) is 19.8. The summed E-state index contributed by atoms with van der Waals surface area (Å²) in [6, 6.07) is 16.0. The molecule has 1 amide bonds. The summed E-state index contributed by atoms with van der Waals surface area (Å²) in [5.74, 6) is -0.205. The molecule has 0 spiro atoms. The summed E-state index contributed by atoms with van der Waals surface area (Å²) >= 11 is 1.30. The van der Waals surface area contributed by atoms with Crippen molar-refractivity contribution in [3.8, 4) is 0 Å². The van der Waals surface area contributed by atoms with E-state index in [-0.39, 0.29) is 12.5 Å². The van der Waals surface area contributed by atoms with Gasteiger partial charge in [-0.2, -0.15) is 0 Å². The molecule has 0 aliphatic heterocycles. The number of nitrogens with one attached hydrogen (secondary N) is 2. The van der Waals surface area contributed by atoms with Crippen LogP contribution in [0.5, 0.6) is 0 Å². The van der Waals surface area contributed by atoms with E-state index in [2.05, 4.69) is 40.7 Å². The van der Waals surface area contributed by atoms with Crippen LogP contribution in [0.1, 0.15) is 46.9 Å². The van der Waals surface area contributed by atoms with Crippen LogP contribution in [0.15, 0.2) is 53.9 Å². The maximum atomic E-state index is 12.3. The average Bonchev–Trinajstić information content (AvgIpc) is 3.19. The summed E-state index contributed by atoms with van der Waals surface area (Å²) < 4.78 is 0. The van der Waals surface area contributed by atoms with Gasteiger partial charge in [0.25, 0.3) is 5.91 Å². The zero-order valence-corrected chi connectivity index (χ0v) is 16.8. The minimum Gasteiger partial charge on any atom is -0.390 e. The van der Waals surface area contributed by atoms with Gasteiger partial charge in [0.2, 0.25) is 0 Å². The van der Waals surface area contributed by atoms with Crippen molar-refractivity contribution in [2.24, 2.45) is 0 Å². The van der Waals surface area contributed by atoms with Gasteiger partial charge in [0, 0.05) is 23.2 Å². The molecule has 3 N–H and O–H groups in total. The van der Waals surface area contributed by atoms with Crippen molar-refractivity contribution >= 4 is 28.1 Å². The van der Waals surface area contributed by atoms with E-state index in [0.717, 1.165) is 12.0 Å². The minimum absolute atomic E-state index is 0.129. The highest BCUT2D eigenvalue weighted by Crippen LogP contribution is 2.19. The van der Waals surface area contributed by atoms with Crippen molar-refractivity contribution in [1.82, 2.24) is 4.98 Å². The van der Waals surface area contributed by atoms with E-state index in [1.165, 1.54) is 35.4 Å². The van der Waals surface area contributed by atoms with Gasteiger partial charge in [-0.05, 0) is 42.2 Å². The Bertz CT molecular complexity index is 906. The molecule has 0 bridgehead atoms. The lowest BCUT2D eigenvalue weighted by atomic mass is 10.1. The first-order chi connectivity index (χ1) is 13.7. The molecule has 146 valence electrons. The molecule has 1 aromatic heterocycles. The lowest BCUT2D eigenvalue weighted by molar-refractivity contribution is 0.102. The lowest BCUT2D eigenvalue weighted by Crippen LogP contribution is -2.12. The van der Waals surface area contributed by atoms with Gasteiger partial charge in [-0.1, -0.05) is 43.7 Å². The molecule has 0 unspecified atom stereocenters. The van der Waals surface area contributed by atoms with Gasteiger partial charge in [0.15, 0.2) is 5.13 Å². The number of anilines is 2. The van der Waals surface area contributed by atoms with Crippen molar-refractivity contribution in [1.29, 1.82) is 0 Å². The normalized spacial score (nSPS) is 10.6. The van der Waals surface area contributed by atoms with E-state index >= 15 is 0 Å². The predicted octanol–water partition coefficient (Wildman–Crippen LogP) is 4.84. The number of hydrogen-bond donors (Lipinski definition) is 3. The Morgan fingerprint density at radius 2 is 1.93 bits per heavy atom. The Balaban J connectivity index is 1.58. The summed E-state index contributed by atoms with van der Waals surface area (Å²) in [5, 5.41) is 17.5. The maximum absolute atomic E-state index is 12.3. The first-order valence-electron chi connectivity index (χ1n) is 9.47. The molecular formula is C22H25N3O2S. The van der Waals surface area contributed by atoms with Crippen LogP contribution in [-0.4, -0.2) is 16.0 Å². The van der Waals surface area contributed by atoms with Crippen LogP contribution < -0.4 is 10.6 Å². The highest BCUT2D eigenvalue weighted by atomic mass is 32.1. The summed E-state index contributed by atoms with van der Waals surface area (Å²) in [6.45, 7) is 2.78. The van der Waals surface area contributed by atoms with Gasteiger partial charge < -0.3 is 10.4 Å². The Labute approximate surface area is 169 Å². The maximum Gasteiger partial charge on any atom is 0.257 e. The second kappa shape index (κ2) is 10.0. The Hall–Kier alpha value is -2.70. The van der Waals surface area contributed by atoms with Gasteiger partial charge in [-0.3, -0.25) is 10.1 Å². The van der Waals surface area contributed by atoms with Gasteiger partial charge in [0.05, 0.1) is 12.3 Å². The highest BCUT2D eigenvalue weighted by molar-refractivity contribution is 7.13.